The molecule has 0 saturated heterocycles. The van der Waals surface area contributed by atoms with E-state index in [9.17, 15) is 19.5 Å². The first kappa shape index (κ1) is 23.4. The molecule has 176 valence electrons. The summed E-state index contributed by atoms with van der Waals surface area (Å²) in [4.78, 5) is 41.7. The fourth-order valence-corrected chi connectivity index (χ4v) is 4.87. The van der Waals surface area contributed by atoms with Crippen LogP contribution in [0.5, 0.6) is 0 Å². The predicted molar refractivity (Wildman–Crippen MR) is 128 cm³/mol. The minimum atomic E-state index is -1.08. The third-order valence-electron chi connectivity index (χ3n) is 5.92. The maximum atomic E-state index is 12.6. The van der Waals surface area contributed by atoms with Gasteiger partial charge in [0.05, 0.1) is 6.54 Å². The van der Waals surface area contributed by atoms with Crippen LogP contribution in [0.25, 0.3) is 11.1 Å². The van der Waals surface area contributed by atoms with E-state index in [0.29, 0.717) is 5.01 Å². The normalized spacial score (nSPS) is 13.0. The number of thiazole rings is 1. The first-order valence-electron chi connectivity index (χ1n) is 11.0. The van der Waals surface area contributed by atoms with Crippen molar-refractivity contribution in [2.75, 3.05) is 13.2 Å². The predicted octanol–water partition coefficient (Wildman–Crippen LogP) is 4.12. The Labute approximate surface area is 201 Å². The topological polar surface area (TPSA) is 109 Å². The number of hydrogen-bond donors (Lipinski definition) is 2. The molecule has 1 unspecified atom stereocenters. The lowest BCUT2D eigenvalue weighted by Gasteiger charge is -2.23. The number of likely N-dealkylation sites (N-methyl/N-ethyl adjacent to an activating group) is 1. The Balaban J connectivity index is 1.34. The molecule has 0 aliphatic heterocycles. The first-order valence-corrected chi connectivity index (χ1v) is 11.9. The van der Waals surface area contributed by atoms with Crippen molar-refractivity contribution in [1.82, 2.24) is 15.2 Å². The van der Waals surface area contributed by atoms with Crippen molar-refractivity contribution in [2.24, 2.45) is 0 Å². The highest BCUT2D eigenvalue weighted by Gasteiger charge is 2.29. The van der Waals surface area contributed by atoms with Crippen molar-refractivity contribution in [3.63, 3.8) is 0 Å². The van der Waals surface area contributed by atoms with E-state index in [0.717, 1.165) is 22.3 Å². The van der Waals surface area contributed by atoms with Gasteiger partial charge < -0.3 is 20.1 Å². The van der Waals surface area contributed by atoms with Gasteiger partial charge in [0.2, 0.25) is 0 Å². The molecule has 0 fully saturated rings. The van der Waals surface area contributed by atoms with Gasteiger partial charge >= 0.3 is 12.1 Å². The number of carboxylic acid groups (broad SMARTS) is 1. The van der Waals surface area contributed by atoms with Crippen molar-refractivity contribution < 1.29 is 24.2 Å². The van der Waals surface area contributed by atoms with Crippen LogP contribution in [0.3, 0.4) is 0 Å². The largest absolute Gasteiger partial charge is 0.480 e. The summed E-state index contributed by atoms with van der Waals surface area (Å²) in [5, 5.41) is 14.0. The second-order valence-electron chi connectivity index (χ2n) is 7.91. The first-order chi connectivity index (χ1) is 16.4. The van der Waals surface area contributed by atoms with E-state index in [4.69, 9.17) is 4.74 Å². The number of hydrogen-bond acceptors (Lipinski definition) is 6. The molecule has 0 saturated carbocycles. The number of rotatable bonds is 8. The number of carbonyl (C=O) groups is 3. The highest BCUT2D eigenvalue weighted by atomic mass is 32.1. The van der Waals surface area contributed by atoms with Gasteiger partial charge in [-0.2, -0.15) is 0 Å². The number of aliphatic carboxylic acids is 1. The van der Waals surface area contributed by atoms with Crippen molar-refractivity contribution in [3.05, 3.63) is 75.7 Å². The molecular formula is C25H25N3O5S. The summed E-state index contributed by atoms with van der Waals surface area (Å²) in [6.45, 7) is 3.73. The summed E-state index contributed by atoms with van der Waals surface area (Å²) in [5.41, 5.74) is 4.74. The van der Waals surface area contributed by atoms with E-state index in [1.54, 1.807) is 12.3 Å². The van der Waals surface area contributed by atoms with Gasteiger partial charge in [-0.15, -0.1) is 11.3 Å². The number of carboxylic acids is 1. The molecule has 2 amide bonds. The molecule has 1 atom stereocenters. The van der Waals surface area contributed by atoms with Crippen molar-refractivity contribution in [3.8, 4) is 11.1 Å². The zero-order valence-electron chi connectivity index (χ0n) is 18.9. The lowest BCUT2D eigenvalue weighted by atomic mass is 9.98. The van der Waals surface area contributed by atoms with Crippen LogP contribution in [0.15, 0.2) is 53.9 Å². The second-order valence-corrected chi connectivity index (χ2v) is 8.85. The van der Waals surface area contributed by atoms with Crippen LogP contribution in [0.1, 0.15) is 46.4 Å². The molecule has 0 spiro atoms. The molecule has 2 N–H and O–H groups in total. The number of nitrogens with zero attached hydrogens (tertiary/aromatic N) is 2. The standard InChI is InChI=1S/C25H25N3O5S/c1-3-28(15(2)24(30)31)23(29)21-14-34-22(27-21)12-26-25(32)33-13-20-18-10-6-4-8-16(18)17-9-5-7-11-19(17)20/h4-11,14-15,20H,3,12-13H2,1-2H3,(H,26,32)(H,30,31). The van der Waals surface area contributed by atoms with Crippen LogP contribution < -0.4 is 5.32 Å². The van der Waals surface area contributed by atoms with E-state index < -0.39 is 24.0 Å². The van der Waals surface area contributed by atoms with Crippen LogP contribution in [-0.2, 0) is 16.1 Å². The third kappa shape index (κ3) is 4.65. The Bertz CT molecular complexity index is 1180. The summed E-state index contributed by atoms with van der Waals surface area (Å²) < 4.78 is 5.52. The molecule has 8 nitrogen and oxygen atoms in total. The molecule has 0 bridgehead atoms. The highest BCUT2D eigenvalue weighted by Crippen LogP contribution is 2.44. The monoisotopic (exact) mass is 479 g/mol. The summed E-state index contributed by atoms with van der Waals surface area (Å²) in [6.07, 6.45) is -0.570. The Kier molecular flexibility index (Phi) is 6.93. The Morgan fingerprint density at radius 2 is 1.74 bits per heavy atom. The minimum absolute atomic E-state index is 0.0292. The molecule has 1 aliphatic rings. The second kappa shape index (κ2) is 10.0. The van der Waals surface area contributed by atoms with Crippen LogP contribution in [0, 0.1) is 0 Å². The number of ether oxygens (including phenoxy) is 1. The van der Waals surface area contributed by atoms with Gasteiger partial charge in [-0.3, -0.25) is 4.79 Å². The number of nitrogens with one attached hydrogen (secondary N) is 1. The lowest BCUT2D eigenvalue weighted by molar-refractivity contribution is -0.141. The van der Waals surface area contributed by atoms with Crippen LogP contribution in [0.2, 0.25) is 0 Å². The van der Waals surface area contributed by atoms with Crippen LogP contribution in [-0.4, -0.2) is 52.2 Å². The molecule has 2 aromatic carbocycles. The van der Waals surface area contributed by atoms with Crippen molar-refractivity contribution >= 4 is 29.3 Å². The third-order valence-corrected chi connectivity index (χ3v) is 6.77. The van der Waals surface area contributed by atoms with Gasteiger partial charge in [-0.1, -0.05) is 48.5 Å². The lowest BCUT2D eigenvalue weighted by Crippen LogP contribution is -2.43. The van der Waals surface area contributed by atoms with Gasteiger partial charge in [-0.05, 0) is 36.1 Å². The number of alkyl carbamates (subject to hydrolysis) is 1. The summed E-state index contributed by atoms with van der Waals surface area (Å²) >= 11 is 1.22. The van der Waals surface area contributed by atoms with E-state index >= 15 is 0 Å². The molecule has 1 aromatic heterocycles. The SMILES string of the molecule is CCN(C(=O)c1csc(CNC(=O)OCC2c3ccccc3-c3ccccc32)n1)C(C)C(=O)O. The van der Waals surface area contributed by atoms with Gasteiger partial charge in [0.15, 0.2) is 0 Å². The number of carbonyl (C=O) groups excluding carboxylic acids is 2. The zero-order valence-corrected chi connectivity index (χ0v) is 19.7. The highest BCUT2D eigenvalue weighted by molar-refractivity contribution is 7.09. The van der Waals surface area contributed by atoms with Gasteiger partial charge in [0.25, 0.3) is 5.91 Å². The summed E-state index contributed by atoms with van der Waals surface area (Å²) in [5.74, 6) is -1.57. The van der Waals surface area contributed by atoms with Crippen molar-refractivity contribution in [2.45, 2.75) is 32.4 Å². The Morgan fingerprint density at radius 3 is 2.32 bits per heavy atom. The van der Waals surface area contributed by atoms with E-state index in [1.165, 1.54) is 23.2 Å². The maximum absolute atomic E-state index is 12.6. The molecule has 9 heteroatoms. The molecule has 0 radical (unpaired) electrons. The van der Waals surface area contributed by atoms with Crippen LogP contribution >= 0.6 is 11.3 Å². The molecule has 3 aromatic rings. The zero-order chi connectivity index (χ0) is 24.2. The van der Waals surface area contributed by atoms with Gasteiger partial charge in [0.1, 0.15) is 23.4 Å². The minimum Gasteiger partial charge on any atom is -0.480 e. The fraction of sp³-hybridized carbons (Fsp3) is 0.280. The number of amides is 2. The van der Waals surface area contributed by atoms with E-state index in [2.05, 4.69) is 34.6 Å². The van der Waals surface area contributed by atoms with E-state index in [1.807, 2.05) is 24.3 Å². The fourth-order valence-electron chi connectivity index (χ4n) is 4.16. The van der Waals surface area contributed by atoms with Gasteiger partial charge in [-0.25, -0.2) is 14.6 Å². The van der Waals surface area contributed by atoms with Crippen molar-refractivity contribution in [1.29, 1.82) is 0 Å². The summed E-state index contributed by atoms with van der Waals surface area (Å²) in [6, 6.07) is 15.3. The average molecular weight is 480 g/mol. The van der Waals surface area contributed by atoms with Crippen LogP contribution in [0.4, 0.5) is 4.79 Å². The smallest absolute Gasteiger partial charge is 0.407 e. The van der Waals surface area contributed by atoms with Gasteiger partial charge in [0, 0.05) is 17.8 Å². The quantitative estimate of drug-likeness (QED) is 0.503. The molecule has 1 heterocycles. The molecule has 4 rings (SSSR count). The number of fused-ring (bicyclic) bond motifs is 3. The average Bonchev–Trinajstić information content (AvgIpc) is 3.45. The number of aromatic nitrogens is 1. The number of benzene rings is 2. The molecular weight excluding hydrogens is 454 g/mol. The Morgan fingerprint density at radius 1 is 1.12 bits per heavy atom. The molecule has 34 heavy (non-hydrogen) atoms. The van der Waals surface area contributed by atoms with E-state index in [-0.39, 0.29) is 31.3 Å². The summed E-state index contributed by atoms with van der Waals surface area (Å²) in [7, 11) is 0. The Hall–Kier alpha value is -3.72. The molecule has 1 aliphatic carbocycles. The maximum Gasteiger partial charge on any atom is 0.407 e.